The zero-order valence-electron chi connectivity index (χ0n) is 16.6. The van der Waals surface area contributed by atoms with Crippen LogP contribution in [-0.2, 0) is 11.8 Å². The Morgan fingerprint density at radius 1 is 1.31 bits per heavy atom. The number of hydrogen-bond donors (Lipinski definition) is 1. The van der Waals surface area contributed by atoms with Crippen molar-refractivity contribution in [2.75, 3.05) is 5.32 Å². The second-order valence-corrected chi connectivity index (χ2v) is 9.52. The maximum Gasteiger partial charge on any atom is 0.280 e. The summed E-state index contributed by atoms with van der Waals surface area (Å²) in [5.41, 5.74) is 1.59. The number of nitrogens with zero attached hydrogens (tertiary/aromatic N) is 2. The van der Waals surface area contributed by atoms with Crippen LogP contribution in [-0.4, -0.2) is 21.1 Å². The molecule has 2 aliphatic rings. The minimum absolute atomic E-state index is 0.0126. The lowest BCUT2D eigenvalue weighted by molar-refractivity contribution is -0.124. The van der Waals surface area contributed by atoms with Gasteiger partial charge in [-0.05, 0) is 46.5 Å². The topological polar surface area (TPSA) is 73.1 Å². The molecular formula is C21H21BrClN3O3. The van der Waals surface area contributed by atoms with Crippen molar-refractivity contribution in [2.45, 2.75) is 39.5 Å². The number of carbonyl (C=O) groups is 2. The van der Waals surface area contributed by atoms with Gasteiger partial charge in [0.1, 0.15) is 5.82 Å². The van der Waals surface area contributed by atoms with Crippen LogP contribution in [0.5, 0.6) is 0 Å². The summed E-state index contributed by atoms with van der Waals surface area (Å²) in [5.74, 6) is -0.414. The lowest BCUT2D eigenvalue weighted by Gasteiger charge is -2.38. The van der Waals surface area contributed by atoms with Gasteiger partial charge in [0.2, 0.25) is 5.91 Å². The van der Waals surface area contributed by atoms with Crippen LogP contribution in [0.25, 0.3) is 0 Å². The second-order valence-electron chi connectivity index (χ2n) is 8.26. The van der Waals surface area contributed by atoms with Crippen molar-refractivity contribution in [3.8, 4) is 0 Å². The fourth-order valence-corrected chi connectivity index (χ4v) is 4.76. The largest absolute Gasteiger partial charge is 0.343 e. The third-order valence-corrected chi connectivity index (χ3v) is 7.14. The minimum Gasteiger partial charge on any atom is -0.343 e. The van der Waals surface area contributed by atoms with E-state index in [-0.39, 0.29) is 11.7 Å². The first kappa shape index (κ1) is 20.2. The number of rotatable bonds is 1. The van der Waals surface area contributed by atoms with Crippen molar-refractivity contribution in [3.63, 3.8) is 0 Å². The molecule has 4 rings (SSSR count). The first-order chi connectivity index (χ1) is 13.5. The van der Waals surface area contributed by atoms with Gasteiger partial charge in [-0.15, -0.1) is 0 Å². The number of benzene rings is 1. The number of anilines is 1. The van der Waals surface area contributed by atoms with Crippen molar-refractivity contribution in [3.05, 3.63) is 60.4 Å². The van der Waals surface area contributed by atoms with E-state index in [1.165, 1.54) is 11.6 Å². The molecule has 0 spiro atoms. The van der Waals surface area contributed by atoms with Gasteiger partial charge >= 0.3 is 0 Å². The SMILES string of the molecule is CC(=O)n1c(=O)c2c(n1C)NC1=C(C(=O)C(C)(C)CC1)C2c1ccc(Br)c(Cl)c1. The highest BCUT2D eigenvalue weighted by Gasteiger charge is 2.45. The van der Waals surface area contributed by atoms with E-state index in [9.17, 15) is 14.4 Å². The summed E-state index contributed by atoms with van der Waals surface area (Å²) < 4.78 is 3.36. The van der Waals surface area contributed by atoms with Crippen LogP contribution < -0.4 is 10.9 Å². The highest BCUT2D eigenvalue weighted by molar-refractivity contribution is 9.10. The molecule has 0 saturated heterocycles. The number of fused-ring (bicyclic) bond motifs is 1. The summed E-state index contributed by atoms with van der Waals surface area (Å²) in [6.07, 6.45) is 1.40. The molecule has 1 aliphatic carbocycles. The molecule has 6 nitrogen and oxygen atoms in total. The van der Waals surface area contributed by atoms with E-state index in [0.717, 1.165) is 20.4 Å². The number of Topliss-reactive ketones (excluding diaryl/α,β-unsaturated/α-hetero) is 1. The highest BCUT2D eigenvalue weighted by Crippen LogP contribution is 2.48. The van der Waals surface area contributed by atoms with Crippen molar-refractivity contribution < 1.29 is 9.59 Å². The molecule has 1 N–H and O–H groups in total. The fraction of sp³-hybridized carbons (Fsp3) is 0.381. The van der Waals surface area contributed by atoms with E-state index in [1.54, 1.807) is 13.1 Å². The van der Waals surface area contributed by atoms with Crippen LogP contribution >= 0.6 is 27.5 Å². The Kier molecular flexibility index (Phi) is 4.66. The summed E-state index contributed by atoms with van der Waals surface area (Å²) >= 11 is 9.74. The summed E-state index contributed by atoms with van der Waals surface area (Å²) in [4.78, 5) is 38.8. The van der Waals surface area contributed by atoms with Crippen LogP contribution in [0.4, 0.5) is 5.82 Å². The van der Waals surface area contributed by atoms with Gasteiger partial charge in [0, 0.05) is 41.0 Å². The van der Waals surface area contributed by atoms with Crippen LogP contribution in [0.15, 0.2) is 38.7 Å². The quantitative estimate of drug-likeness (QED) is 0.657. The van der Waals surface area contributed by atoms with Gasteiger partial charge in [-0.1, -0.05) is 31.5 Å². The molecule has 29 heavy (non-hydrogen) atoms. The van der Waals surface area contributed by atoms with E-state index in [2.05, 4.69) is 21.2 Å². The summed E-state index contributed by atoms with van der Waals surface area (Å²) in [6.45, 7) is 5.21. The number of carbonyl (C=O) groups excluding carboxylic acids is 2. The number of hydrogen-bond acceptors (Lipinski definition) is 4. The van der Waals surface area contributed by atoms with Crippen molar-refractivity contribution in [1.82, 2.24) is 9.36 Å². The van der Waals surface area contributed by atoms with E-state index in [0.29, 0.717) is 34.8 Å². The van der Waals surface area contributed by atoms with E-state index in [4.69, 9.17) is 11.6 Å². The van der Waals surface area contributed by atoms with Gasteiger partial charge in [0.05, 0.1) is 10.6 Å². The Morgan fingerprint density at radius 3 is 2.62 bits per heavy atom. The summed E-state index contributed by atoms with van der Waals surface area (Å²) in [6, 6.07) is 5.44. The average Bonchev–Trinajstić information content (AvgIpc) is 2.90. The number of ketones is 1. The number of allylic oxidation sites excluding steroid dienone is 2. The highest BCUT2D eigenvalue weighted by atomic mass is 79.9. The Labute approximate surface area is 181 Å². The summed E-state index contributed by atoms with van der Waals surface area (Å²) in [5, 5.41) is 3.78. The molecule has 2 aromatic rings. The maximum atomic E-state index is 13.4. The predicted octanol–water partition coefficient (Wildman–Crippen LogP) is 4.46. The Hall–Kier alpha value is -2.12. The molecule has 1 atom stereocenters. The second kappa shape index (κ2) is 6.71. The number of aromatic nitrogens is 2. The zero-order valence-corrected chi connectivity index (χ0v) is 18.9. The van der Waals surface area contributed by atoms with Crippen LogP contribution in [0.1, 0.15) is 55.5 Å². The molecule has 1 aromatic heterocycles. The normalized spacial score (nSPS) is 20.2. The minimum atomic E-state index is -0.585. The van der Waals surface area contributed by atoms with Gasteiger partial charge in [-0.25, -0.2) is 0 Å². The average molecular weight is 479 g/mol. The van der Waals surface area contributed by atoms with Crippen LogP contribution in [0.3, 0.4) is 0 Å². The molecular weight excluding hydrogens is 458 g/mol. The van der Waals surface area contributed by atoms with Gasteiger partial charge in [0.15, 0.2) is 5.78 Å². The molecule has 0 fully saturated rings. The standard InChI is InChI=1S/C21H21BrClN3O3/c1-10(27)26-20(29)17-15(11-5-6-12(22)13(23)9-11)16-14(24-19(17)25(26)4)7-8-21(2,3)18(16)28/h5-6,9,15,24H,7-8H2,1-4H3. The molecule has 0 radical (unpaired) electrons. The fourth-order valence-electron chi connectivity index (χ4n) is 4.32. The maximum absolute atomic E-state index is 13.4. The lowest BCUT2D eigenvalue weighted by Crippen LogP contribution is -2.38. The lowest BCUT2D eigenvalue weighted by atomic mass is 9.68. The molecule has 1 aromatic carbocycles. The molecule has 2 heterocycles. The number of nitrogens with one attached hydrogen (secondary N) is 1. The van der Waals surface area contributed by atoms with Gasteiger partial charge < -0.3 is 5.32 Å². The smallest absolute Gasteiger partial charge is 0.280 e. The van der Waals surface area contributed by atoms with Gasteiger partial charge in [0.25, 0.3) is 5.56 Å². The first-order valence-electron chi connectivity index (χ1n) is 9.37. The molecule has 1 unspecified atom stereocenters. The zero-order chi connectivity index (χ0) is 21.2. The van der Waals surface area contributed by atoms with Gasteiger partial charge in [-0.2, -0.15) is 4.68 Å². The molecule has 152 valence electrons. The first-order valence-corrected chi connectivity index (χ1v) is 10.5. The Balaban J connectivity index is 2.05. The molecule has 0 bridgehead atoms. The molecule has 1 aliphatic heterocycles. The van der Waals surface area contributed by atoms with Crippen LogP contribution in [0, 0.1) is 5.41 Å². The molecule has 0 saturated carbocycles. The van der Waals surface area contributed by atoms with Crippen molar-refractivity contribution in [1.29, 1.82) is 0 Å². The van der Waals surface area contributed by atoms with Crippen molar-refractivity contribution in [2.24, 2.45) is 12.5 Å². The van der Waals surface area contributed by atoms with Crippen molar-refractivity contribution >= 4 is 45.0 Å². The molecule has 0 amide bonds. The molecule has 8 heteroatoms. The monoisotopic (exact) mass is 477 g/mol. The van der Waals surface area contributed by atoms with E-state index >= 15 is 0 Å². The predicted molar refractivity (Wildman–Crippen MR) is 116 cm³/mol. The third-order valence-electron chi connectivity index (χ3n) is 5.91. The van der Waals surface area contributed by atoms with E-state index < -0.39 is 16.9 Å². The summed E-state index contributed by atoms with van der Waals surface area (Å²) in [7, 11) is 1.67. The number of halogens is 2. The third kappa shape index (κ3) is 2.94. The Bertz CT molecular complexity index is 1170. The van der Waals surface area contributed by atoms with Gasteiger partial charge in [-0.3, -0.25) is 19.1 Å². The van der Waals surface area contributed by atoms with E-state index in [1.807, 2.05) is 26.0 Å². The Morgan fingerprint density at radius 2 is 2.00 bits per heavy atom. The van der Waals surface area contributed by atoms with Crippen LogP contribution in [0.2, 0.25) is 5.02 Å².